The Morgan fingerprint density at radius 2 is 1.97 bits per heavy atom. The van der Waals surface area contributed by atoms with E-state index in [9.17, 15) is 10.1 Å². The third-order valence-electron chi connectivity index (χ3n) is 5.40. The van der Waals surface area contributed by atoms with Gasteiger partial charge in [0.25, 0.3) is 0 Å². The Balaban J connectivity index is 1.73. The number of allylic oxidation sites excluding steroid dienone is 1. The molecule has 1 aromatic carbocycles. The van der Waals surface area contributed by atoms with Gasteiger partial charge < -0.3 is 5.32 Å². The number of hydrogen-bond donors (Lipinski definition) is 1. The maximum Gasteiger partial charge on any atom is 0.231 e. The van der Waals surface area contributed by atoms with Crippen molar-refractivity contribution < 1.29 is 4.79 Å². The smallest absolute Gasteiger partial charge is 0.231 e. The predicted octanol–water partition coefficient (Wildman–Crippen LogP) is 4.33. The lowest BCUT2D eigenvalue weighted by atomic mass is 9.87. The molecule has 1 amide bonds. The van der Waals surface area contributed by atoms with Crippen LogP contribution in [0.3, 0.4) is 0 Å². The first-order valence-corrected chi connectivity index (χ1v) is 11.2. The number of nitrogens with zero attached hydrogens (tertiary/aromatic N) is 4. The number of aromatic nitrogens is 3. The van der Waals surface area contributed by atoms with E-state index in [0.717, 1.165) is 24.2 Å². The first-order valence-electron chi connectivity index (χ1n) is 10.2. The molecule has 6 nitrogen and oxygen atoms in total. The fourth-order valence-corrected chi connectivity index (χ4v) is 4.11. The van der Waals surface area contributed by atoms with Crippen LogP contribution in [0.4, 0.5) is 0 Å². The van der Waals surface area contributed by atoms with Gasteiger partial charge in [-0.15, -0.1) is 16.8 Å². The molecular formula is C23H29N5OS. The van der Waals surface area contributed by atoms with Crippen molar-refractivity contribution in [3.63, 3.8) is 0 Å². The van der Waals surface area contributed by atoms with Crippen LogP contribution in [-0.4, -0.2) is 32.0 Å². The number of thioether (sulfide) groups is 1. The van der Waals surface area contributed by atoms with Crippen molar-refractivity contribution >= 4 is 17.7 Å². The summed E-state index contributed by atoms with van der Waals surface area (Å²) < 4.78 is 1.96. The highest BCUT2D eigenvalue weighted by Gasteiger charge is 2.43. The number of carbonyl (C=O) groups excluding carboxylic acids is 1. The summed E-state index contributed by atoms with van der Waals surface area (Å²) in [5.74, 6) is 1.02. The van der Waals surface area contributed by atoms with Crippen LogP contribution in [0.2, 0.25) is 0 Å². The van der Waals surface area contributed by atoms with Crippen LogP contribution >= 0.6 is 11.8 Å². The lowest BCUT2D eigenvalue weighted by Crippen LogP contribution is -2.47. The van der Waals surface area contributed by atoms with E-state index in [4.69, 9.17) is 0 Å². The molecule has 7 heteroatoms. The van der Waals surface area contributed by atoms with Crippen molar-refractivity contribution in [2.75, 3.05) is 5.75 Å². The Morgan fingerprint density at radius 1 is 1.30 bits per heavy atom. The average Bonchev–Trinajstić information content (AvgIpc) is 3.49. The van der Waals surface area contributed by atoms with Gasteiger partial charge in [-0.3, -0.25) is 9.36 Å². The SMILES string of the molecule is C=CCn1c(SCC(=O)N[C@@](C)(C#N)C2CC2)nnc1-c1ccc(C(C)(C)C)cc1. The topological polar surface area (TPSA) is 83.6 Å². The summed E-state index contributed by atoms with van der Waals surface area (Å²) in [5.41, 5.74) is 1.52. The zero-order valence-corrected chi connectivity index (χ0v) is 18.9. The largest absolute Gasteiger partial charge is 0.337 e. The second-order valence-corrected chi connectivity index (χ2v) is 9.90. The Kier molecular flexibility index (Phi) is 6.37. The molecule has 158 valence electrons. The third-order valence-corrected chi connectivity index (χ3v) is 6.36. The molecule has 1 aromatic heterocycles. The summed E-state index contributed by atoms with van der Waals surface area (Å²) in [7, 11) is 0. The first-order chi connectivity index (χ1) is 14.2. The van der Waals surface area contributed by atoms with Gasteiger partial charge in [0, 0.05) is 12.1 Å². The number of nitrogens with one attached hydrogen (secondary N) is 1. The summed E-state index contributed by atoms with van der Waals surface area (Å²) in [6.45, 7) is 12.7. The van der Waals surface area contributed by atoms with Crippen LogP contribution in [0, 0.1) is 17.2 Å². The summed E-state index contributed by atoms with van der Waals surface area (Å²) in [5, 5.41) is 21.6. The quantitative estimate of drug-likeness (QED) is 0.505. The molecule has 0 spiro atoms. The van der Waals surface area contributed by atoms with E-state index < -0.39 is 5.54 Å². The number of benzene rings is 1. The summed E-state index contributed by atoms with van der Waals surface area (Å²) >= 11 is 1.32. The van der Waals surface area contributed by atoms with Crippen LogP contribution < -0.4 is 5.32 Å². The molecule has 1 fully saturated rings. The van der Waals surface area contributed by atoms with Crippen LogP contribution in [0.25, 0.3) is 11.4 Å². The van der Waals surface area contributed by atoms with Gasteiger partial charge in [-0.05, 0) is 36.7 Å². The van der Waals surface area contributed by atoms with E-state index in [1.807, 2.05) is 4.57 Å². The number of hydrogen-bond acceptors (Lipinski definition) is 5. The van der Waals surface area contributed by atoms with Crippen molar-refractivity contribution in [3.8, 4) is 17.5 Å². The fraction of sp³-hybridized carbons (Fsp3) is 0.478. The predicted molar refractivity (Wildman–Crippen MR) is 120 cm³/mol. The molecule has 0 saturated heterocycles. The van der Waals surface area contributed by atoms with E-state index >= 15 is 0 Å². The lowest BCUT2D eigenvalue weighted by Gasteiger charge is -2.22. The average molecular weight is 424 g/mol. The second kappa shape index (κ2) is 8.65. The highest BCUT2D eigenvalue weighted by Crippen LogP contribution is 2.39. The van der Waals surface area contributed by atoms with E-state index in [2.05, 4.69) is 73.2 Å². The van der Waals surface area contributed by atoms with Gasteiger partial charge in [-0.1, -0.05) is 62.9 Å². The van der Waals surface area contributed by atoms with Crippen LogP contribution in [-0.2, 0) is 16.8 Å². The molecule has 0 aliphatic heterocycles. The van der Waals surface area contributed by atoms with E-state index in [1.165, 1.54) is 17.3 Å². The Bertz CT molecular complexity index is 963. The molecule has 1 aliphatic carbocycles. The van der Waals surface area contributed by atoms with Gasteiger partial charge in [-0.25, -0.2) is 0 Å². The molecule has 1 N–H and O–H groups in total. The number of nitriles is 1. The van der Waals surface area contributed by atoms with E-state index in [1.54, 1.807) is 13.0 Å². The molecule has 30 heavy (non-hydrogen) atoms. The van der Waals surface area contributed by atoms with Crippen molar-refractivity contribution in [1.29, 1.82) is 5.26 Å². The number of carbonyl (C=O) groups is 1. The Morgan fingerprint density at radius 3 is 2.50 bits per heavy atom. The molecule has 3 rings (SSSR count). The summed E-state index contributed by atoms with van der Waals surface area (Å²) in [4.78, 5) is 12.4. The molecule has 0 bridgehead atoms. The van der Waals surface area contributed by atoms with E-state index in [0.29, 0.717) is 11.7 Å². The third kappa shape index (κ3) is 4.93. The van der Waals surface area contributed by atoms with Crippen molar-refractivity contribution in [3.05, 3.63) is 42.5 Å². The minimum atomic E-state index is -0.785. The number of amides is 1. The van der Waals surface area contributed by atoms with Gasteiger partial charge in [0.2, 0.25) is 5.91 Å². The first kappa shape index (κ1) is 22.1. The molecule has 1 atom stereocenters. The molecule has 1 saturated carbocycles. The lowest BCUT2D eigenvalue weighted by molar-refractivity contribution is -0.119. The van der Waals surface area contributed by atoms with Crippen molar-refractivity contribution in [2.45, 2.75) is 63.2 Å². The zero-order valence-electron chi connectivity index (χ0n) is 18.1. The van der Waals surface area contributed by atoms with Gasteiger partial charge in [0.05, 0.1) is 11.8 Å². The Labute approximate surface area is 182 Å². The summed E-state index contributed by atoms with van der Waals surface area (Å²) in [6, 6.07) is 10.6. The van der Waals surface area contributed by atoms with Crippen LogP contribution in [0.5, 0.6) is 0 Å². The molecule has 0 unspecified atom stereocenters. The molecular weight excluding hydrogens is 394 g/mol. The number of rotatable bonds is 8. The second-order valence-electron chi connectivity index (χ2n) is 8.96. The normalized spacial score (nSPS) is 15.8. The molecule has 1 heterocycles. The minimum Gasteiger partial charge on any atom is -0.337 e. The van der Waals surface area contributed by atoms with Crippen LogP contribution in [0.1, 0.15) is 46.1 Å². The van der Waals surface area contributed by atoms with Gasteiger partial charge >= 0.3 is 0 Å². The van der Waals surface area contributed by atoms with Crippen molar-refractivity contribution in [2.24, 2.45) is 5.92 Å². The summed E-state index contributed by atoms with van der Waals surface area (Å²) in [6.07, 6.45) is 3.77. The molecule has 0 radical (unpaired) electrons. The molecule has 1 aliphatic rings. The maximum atomic E-state index is 12.4. The van der Waals surface area contributed by atoms with Gasteiger partial charge in [0.15, 0.2) is 11.0 Å². The zero-order chi connectivity index (χ0) is 21.9. The monoisotopic (exact) mass is 423 g/mol. The molecule has 2 aromatic rings. The highest BCUT2D eigenvalue weighted by molar-refractivity contribution is 7.99. The Hall–Kier alpha value is -2.59. The fourth-order valence-electron chi connectivity index (χ4n) is 3.36. The van der Waals surface area contributed by atoms with Gasteiger partial charge in [-0.2, -0.15) is 5.26 Å². The van der Waals surface area contributed by atoms with Crippen LogP contribution in [0.15, 0.2) is 42.1 Å². The minimum absolute atomic E-state index is 0.0834. The van der Waals surface area contributed by atoms with Gasteiger partial charge in [0.1, 0.15) is 5.54 Å². The van der Waals surface area contributed by atoms with Crippen molar-refractivity contribution in [1.82, 2.24) is 20.1 Å². The maximum absolute atomic E-state index is 12.4. The standard InChI is InChI=1S/C23H29N5OS/c1-6-13-28-20(16-7-9-17(10-8-16)22(2,3)4)26-27-21(28)30-14-19(29)25-23(5,15-24)18-11-12-18/h6-10,18H,1,11-14H2,2-5H3,(H,25,29)/t23-/m0/s1. The van der Waals surface area contributed by atoms with E-state index in [-0.39, 0.29) is 23.0 Å². The highest BCUT2D eigenvalue weighted by atomic mass is 32.2.